The third kappa shape index (κ3) is 1.96. The Kier molecular flexibility index (Phi) is 3.47. The summed E-state index contributed by atoms with van der Waals surface area (Å²) in [7, 11) is 3.22. The number of aryl methyl sites for hydroxylation is 2. The monoisotopic (exact) mass is 246 g/mol. The molecule has 1 aromatic carbocycles. The van der Waals surface area contributed by atoms with Gasteiger partial charge in [-0.05, 0) is 62.1 Å². The van der Waals surface area contributed by atoms with E-state index in [9.17, 15) is 0 Å². The molecule has 0 heterocycles. The highest BCUT2D eigenvalue weighted by molar-refractivity contribution is 9.50. The minimum Gasteiger partial charge on any atom is -0.496 e. The van der Waals surface area contributed by atoms with Crippen LogP contribution in [0.15, 0.2) is 17.0 Å². The molecule has 0 fully saturated rings. The Hall–Kier alpha value is -0.150. The van der Waals surface area contributed by atoms with E-state index in [2.05, 4.69) is 40.8 Å². The lowest BCUT2D eigenvalue weighted by atomic mass is 10.1. The van der Waals surface area contributed by atoms with Crippen LogP contribution in [0.25, 0.3) is 0 Å². The molecule has 66 valence electrons. The largest absolute Gasteiger partial charge is 0.496 e. The molecule has 12 heavy (non-hydrogen) atoms. The smallest absolute Gasteiger partial charge is 0.133 e. The van der Waals surface area contributed by atoms with Crippen molar-refractivity contribution in [2.45, 2.75) is 18.7 Å². The molecule has 0 saturated heterocycles. The molecule has 3 heteroatoms. The van der Waals surface area contributed by atoms with Crippen molar-refractivity contribution in [3.8, 4) is 5.75 Å². The summed E-state index contributed by atoms with van der Waals surface area (Å²) >= 11 is 3.34. The maximum absolute atomic E-state index is 5.22. The number of rotatable bonds is 2. The Morgan fingerprint density at radius 1 is 1.25 bits per heavy atom. The van der Waals surface area contributed by atoms with Gasteiger partial charge < -0.3 is 4.74 Å². The maximum atomic E-state index is 5.22. The Bertz CT molecular complexity index is 257. The first kappa shape index (κ1) is 9.93. The molecule has 0 bridgehead atoms. The van der Waals surface area contributed by atoms with Crippen LogP contribution in [0, 0.1) is 13.8 Å². The van der Waals surface area contributed by atoms with Crippen LogP contribution in [-0.4, -0.2) is 7.11 Å². The lowest BCUT2D eigenvalue weighted by Crippen LogP contribution is -1.88. The van der Waals surface area contributed by atoms with Gasteiger partial charge in [-0.3, -0.25) is 0 Å². The van der Waals surface area contributed by atoms with E-state index in [0.29, 0.717) is 0 Å². The fraction of sp³-hybridized carbons (Fsp3) is 0.333. The molecule has 0 N–H and O–H groups in total. The van der Waals surface area contributed by atoms with Gasteiger partial charge in [-0.1, -0.05) is 0 Å². The molecule has 0 amide bonds. The van der Waals surface area contributed by atoms with Crippen LogP contribution in [0.2, 0.25) is 0 Å². The predicted molar refractivity (Wildman–Crippen MR) is 57.3 cm³/mol. The average Bonchev–Trinajstić information content (AvgIpc) is 2.09. The number of halogens is 1. The standard InChI is InChI=1S/C9H11BrOS/c1-6-4-8(11-3)9(12-10)5-7(6)2/h4-5H,1-3H3. The van der Waals surface area contributed by atoms with E-state index in [1.165, 1.54) is 21.3 Å². The molecule has 1 aromatic rings. The Balaban J connectivity index is 3.19. The molecule has 1 nitrogen and oxygen atoms in total. The van der Waals surface area contributed by atoms with E-state index in [4.69, 9.17) is 4.74 Å². The van der Waals surface area contributed by atoms with Crippen molar-refractivity contribution < 1.29 is 4.74 Å². The Morgan fingerprint density at radius 2 is 1.83 bits per heavy atom. The van der Waals surface area contributed by atoms with E-state index in [0.717, 1.165) is 10.6 Å². The molecule has 1 rings (SSSR count). The topological polar surface area (TPSA) is 9.23 Å². The van der Waals surface area contributed by atoms with Gasteiger partial charge in [0.15, 0.2) is 0 Å². The van der Waals surface area contributed by atoms with Gasteiger partial charge in [0, 0.05) is 0 Å². The zero-order chi connectivity index (χ0) is 9.14. The zero-order valence-corrected chi connectivity index (χ0v) is 9.75. The third-order valence-corrected chi connectivity index (χ3v) is 3.39. The van der Waals surface area contributed by atoms with Crippen molar-refractivity contribution in [3.63, 3.8) is 0 Å². The van der Waals surface area contributed by atoms with Crippen molar-refractivity contribution in [3.05, 3.63) is 23.3 Å². The van der Waals surface area contributed by atoms with Gasteiger partial charge >= 0.3 is 0 Å². The quantitative estimate of drug-likeness (QED) is 0.787. The van der Waals surface area contributed by atoms with Gasteiger partial charge in [0.1, 0.15) is 5.75 Å². The minimum atomic E-state index is 0.931. The van der Waals surface area contributed by atoms with Crippen LogP contribution >= 0.6 is 25.0 Å². The molecule has 0 spiro atoms. The van der Waals surface area contributed by atoms with Gasteiger partial charge in [-0.2, -0.15) is 0 Å². The first-order valence-corrected chi connectivity index (χ1v) is 6.28. The van der Waals surface area contributed by atoms with Crippen LogP contribution in [0.5, 0.6) is 5.75 Å². The highest BCUT2D eigenvalue weighted by Gasteiger charge is 2.04. The average molecular weight is 247 g/mol. The van der Waals surface area contributed by atoms with E-state index < -0.39 is 0 Å². The van der Waals surface area contributed by atoms with Crippen molar-refractivity contribution >= 4 is 25.0 Å². The van der Waals surface area contributed by atoms with Crippen LogP contribution in [-0.2, 0) is 0 Å². The van der Waals surface area contributed by atoms with E-state index in [-0.39, 0.29) is 0 Å². The van der Waals surface area contributed by atoms with Crippen molar-refractivity contribution in [2.75, 3.05) is 7.11 Å². The molecule has 0 aliphatic rings. The van der Waals surface area contributed by atoms with Crippen LogP contribution in [0.4, 0.5) is 0 Å². The highest BCUT2D eigenvalue weighted by Crippen LogP contribution is 2.35. The fourth-order valence-electron chi connectivity index (χ4n) is 0.983. The van der Waals surface area contributed by atoms with Gasteiger partial charge in [-0.15, -0.1) is 0 Å². The number of methoxy groups -OCH3 is 1. The van der Waals surface area contributed by atoms with Crippen molar-refractivity contribution in [1.29, 1.82) is 0 Å². The minimum absolute atomic E-state index is 0.931. The second kappa shape index (κ2) is 4.19. The summed E-state index contributed by atoms with van der Waals surface area (Å²) < 4.78 is 5.22. The van der Waals surface area contributed by atoms with Gasteiger partial charge in [0.2, 0.25) is 0 Å². The van der Waals surface area contributed by atoms with Crippen LogP contribution < -0.4 is 4.74 Å². The third-order valence-electron chi connectivity index (χ3n) is 1.86. The normalized spacial score (nSPS) is 10.0. The van der Waals surface area contributed by atoms with E-state index in [1.807, 2.05) is 0 Å². The molecule has 0 atom stereocenters. The van der Waals surface area contributed by atoms with E-state index in [1.54, 1.807) is 7.11 Å². The number of hydrogen-bond donors (Lipinski definition) is 0. The SMILES string of the molecule is COc1cc(C)c(C)cc1SBr. The van der Waals surface area contributed by atoms with Crippen molar-refractivity contribution in [1.82, 2.24) is 0 Å². The Morgan fingerprint density at radius 3 is 2.33 bits per heavy atom. The number of benzene rings is 1. The fourth-order valence-corrected chi connectivity index (χ4v) is 2.18. The lowest BCUT2D eigenvalue weighted by Gasteiger charge is -2.08. The second-order valence-corrected chi connectivity index (χ2v) is 4.23. The lowest BCUT2D eigenvalue weighted by molar-refractivity contribution is 0.404. The molecule has 0 aromatic heterocycles. The van der Waals surface area contributed by atoms with Crippen LogP contribution in [0.3, 0.4) is 0 Å². The summed E-state index contributed by atoms with van der Waals surface area (Å²) in [5, 5.41) is 0. The summed E-state index contributed by atoms with van der Waals surface area (Å²) in [5.41, 5.74) is 2.55. The summed E-state index contributed by atoms with van der Waals surface area (Å²) in [6.07, 6.45) is 0. The van der Waals surface area contributed by atoms with Gasteiger partial charge in [-0.25, -0.2) is 0 Å². The second-order valence-electron chi connectivity index (χ2n) is 2.66. The predicted octanol–water partition coefficient (Wildman–Crippen LogP) is 3.71. The molecule has 0 aliphatic carbocycles. The highest BCUT2D eigenvalue weighted by atomic mass is 79.9. The summed E-state index contributed by atoms with van der Waals surface area (Å²) in [6.45, 7) is 4.18. The molecule has 0 unspecified atom stereocenters. The summed E-state index contributed by atoms with van der Waals surface area (Å²) in [6, 6.07) is 4.17. The van der Waals surface area contributed by atoms with Crippen molar-refractivity contribution in [2.24, 2.45) is 0 Å². The van der Waals surface area contributed by atoms with Gasteiger partial charge in [0.25, 0.3) is 0 Å². The molecular weight excluding hydrogens is 236 g/mol. The Labute approximate surface area is 84.7 Å². The van der Waals surface area contributed by atoms with E-state index >= 15 is 0 Å². The first-order valence-electron chi connectivity index (χ1n) is 3.63. The molecule has 0 saturated carbocycles. The summed E-state index contributed by atoms with van der Waals surface area (Å²) in [5.74, 6) is 0.931. The zero-order valence-electron chi connectivity index (χ0n) is 7.35. The van der Waals surface area contributed by atoms with Gasteiger partial charge in [0.05, 0.1) is 12.0 Å². The molecule has 0 aliphatic heterocycles. The summed E-state index contributed by atoms with van der Waals surface area (Å²) in [4.78, 5) is 1.13. The molecule has 0 radical (unpaired) electrons. The number of ether oxygens (including phenoxy) is 1. The molecular formula is C9H11BrOS. The maximum Gasteiger partial charge on any atom is 0.133 e. The first-order chi connectivity index (χ1) is 5.69. The van der Waals surface area contributed by atoms with Crippen LogP contribution in [0.1, 0.15) is 11.1 Å². The number of hydrogen-bond acceptors (Lipinski definition) is 2.